The maximum atomic E-state index is 12.8. The molecule has 0 saturated heterocycles. The summed E-state index contributed by atoms with van der Waals surface area (Å²) in [5.41, 5.74) is 2.13. The van der Waals surface area contributed by atoms with Gasteiger partial charge in [0.25, 0.3) is 10.0 Å². The average Bonchev–Trinajstić information content (AvgIpc) is 3.07. The zero-order valence-corrected chi connectivity index (χ0v) is 19.5. The molecule has 0 aromatic carbocycles. The van der Waals surface area contributed by atoms with Gasteiger partial charge in [-0.15, -0.1) is 11.3 Å². The maximum Gasteiger partial charge on any atom is 0.252 e. The number of aromatic nitrogens is 2. The largest absolute Gasteiger partial charge is 0.390 e. The molecule has 2 rings (SSSR count). The molecular weight excluding hydrogens is 410 g/mol. The fraction of sp³-hybridized carbons (Fsp3) is 0.600. The molecular formula is C20H31N3O4S2. The fourth-order valence-corrected chi connectivity index (χ4v) is 5.67. The number of rotatable bonds is 9. The van der Waals surface area contributed by atoms with Crippen LogP contribution in [0.4, 0.5) is 0 Å². The van der Waals surface area contributed by atoms with Crippen molar-refractivity contribution < 1.29 is 18.6 Å². The Labute approximate surface area is 177 Å². The van der Waals surface area contributed by atoms with Crippen molar-refractivity contribution in [3.63, 3.8) is 0 Å². The van der Waals surface area contributed by atoms with Gasteiger partial charge >= 0.3 is 0 Å². The lowest BCUT2D eigenvalue weighted by Crippen LogP contribution is -2.27. The molecule has 0 aliphatic carbocycles. The van der Waals surface area contributed by atoms with Gasteiger partial charge in [0.2, 0.25) is 0 Å². The highest BCUT2D eigenvalue weighted by Gasteiger charge is 2.29. The highest BCUT2D eigenvalue weighted by molar-refractivity contribution is 7.91. The van der Waals surface area contributed by atoms with Crippen LogP contribution in [0.5, 0.6) is 0 Å². The molecule has 2 heterocycles. The quantitative estimate of drug-likeness (QED) is 0.551. The molecule has 3 N–H and O–H groups in total. The summed E-state index contributed by atoms with van der Waals surface area (Å²) in [5.74, 6) is 0.564. The van der Waals surface area contributed by atoms with Gasteiger partial charge in [-0.2, -0.15) is 0 Å². The summed E-state index contributed by atoms with van der Waals surface area (Å²) in [6.45, 7) is 11.1. The van der Waals surface area contributed by atoms with E-state index in [0.29, 0.717) is 6.42 Å². The van der Waals surface area contributed by atoms with Crippen molar-refractivity contribution in [1.82, 2.24) is 14.7 Å². The van der Waals surface area contributed by atoms with E-state index < -0.39 is 22.2 Å². The molecule has 162 valence electrons. The van der Waals surface area contributed by atoms with Crippen LogP contribution in [0.15, 0.2) is 16.6 Å². The van der Waals surface area contributed by atoms with E-state index in [1.807, 2.05) is 12.4 Å². The van der Waals surface area contributed by atoms with E-state index in [1.165, 1.54) is 13.8 Å². The molecule has 0 aliphatic heterocycles. The second kappa shape index (κ2) is 9.18. The molecule has 0 radical (unpaired) electrons. The van der Waals surface area contributed by atoms with Gasteiger partial charge in [-0.05, 0) is 48.8 Å². The monoisotopic (exact) mass is 441 g/mol. The van der Waals surface area contributed by atoms with Crippen LogP contribution in [0, 0.1) is 0 Å². The van der Waals surface area contributed by atoms with Gasteiger partial charge in [-0.25, -0.2) is 18.1 Å². The van der Waals surface area contributed by atoms with Crippen molar-refractivity contribution in [3.8, 4) is 0 Å². The second-order valence-corrected chi connectivity index (χ2v) is 11.2. The van der Waals surface area contributed by atoms with Gasteiger partial charge in [-0.3, -0.25) is 4.98 Å². The Morgan fingerprint density at radius 1 is 1.14 bits per heavy atom. The fourth-order valence-electron chi connectivity index (χ4n) is 3.09. The standard InChI is InChI=1S/C20H31N3O4S2/c1-12(2)15-9-21-10-16(13(3)4)14(15)7-8-22-29(26,27)18-17(11-24)23-19(28-18)20(5,6)25/h9-10,12-13,22,24-25H,7-8,11H2,1-6H3. The Balaban J connectivity index is 2.26. The van der Waals surface area contributed by atoms with E-state index in [9.17, 15) is 18.6 Å². The molecule has 0 aliphatic rings. The van der Waals surface area contributed by atoms with Gasteiger partial charge in [0, 0.05) is 18.9 Å². The number of nitrogens with zero attached hydrogens (tertiary/aromatic N) is 2. The summed E-state index contributed by atoms with van der Waals surface area (Å²) >= 11 is 0.879. The van der Waals surface area contributed by atoms with E-state index in [1.54, 1.807) is 0 Å². The SMILES string of the molecule is CC(C)c1cncc(C(C)C)c1CCNS(=O)(=O)c1sc(C(C)(C)O)nc1CO. The van der Waals surface area contributed by atoms with Crippen LogP contribution in [0.25, 0.3) is 0 Å². The molecule has 0 saturated carbocycles. The number of hydrogen-bond acceptors (Lipinski definition) is 7. The van der Waals surface area contributed by atoms with Gasteiger partial charge < -0.3 is 10.2 Å². The molecule has 0 amide bonds. The van der Waals surface area contributed by atoms with E-state index in [0.717, 1.165) is 28.0 Å². The van der Waals surface area contributed by atoms with Crippen LogP contribution in [0.1, 0.15) is 80.8 Å². The molecule has 0 bridgehead atoms. The third-order valence-electron chi connectivity index (χ3n) is 4.61. The van der Waals surface area contributed by atoms with Crippen LogP contribution < -0.4 is 4.72 Å². The topological polar surface area (TPSA) is 112 Å². The van der Waals surface area contributed by atoms with Crippen LogP contribution in [0.2, 0.25) is 0 Å². The summed E-state index contributed by atoms with van der Waals surface area (Å²) < 4.78 is 28.2. The summed E-state index contributed by atoms with van der Waals surface area (Å²) in [6, 6.07) is 0. The molecule has 0 atom stereocenters. The molecule has 2 aromatic rings. The van der Waals surface area contributed by atoms with Crippen molar-refractivity contribution in [2.45, 2.75) is 76.2 Å². The normalized spacial score (nSPS) is 12.9. The number of aliphatic hydroxyl groups is 2. The highest BCUT2D eigenvalue weighted by Crippen LogP contribution is 2.31. The Bertz CT molecular complexity index is 919. The third-order valence-corrected chi connectivity index (χ3v) is 8.04. The Morgan fingerprint density at radius 3 is 2.14 bits per heavy atom. The molecule has 0 unspecified atom stereocenters. The van der Waals surface area contributed by atoms with E-state index in [2.05, 4.69) is 42.4 Å². The number of sulfonamides is 1. The van der Waals surface area contributed by atoms with Gasteiger partial charge in [0.15, 0.2) is 4.21 Å². The van der Waals surface area contributed by atoms with E-state index >= 15 is 0 Å². The number of nitrogens with one attached hydrogen (secondary N) is 1. The van der Waals surface area contributed by atoms with Gasteiger partial charge in [0.05, 0.1) is 12.3 Å². The lowest BCUT2D eigenvalue weighted by Gasteiger charge is -2.19. The number of hydrogen-bond donors (Lipinski definition) is 3. The predicted molar refractivity (Wildman–Crippen MR) is 115 cm³/mol. The van der Waals surface area contributed by atoms with Crippen LogP contribution >= 0.6 is 11.3 Å². The first-order valence-electron chi connectivity index (χ1n) is 9.68. The second-order valence-electron chi connectivity index (χ2n) is 8.22. The smallest absolute Gasteiger partial charge is 0.252 e. The van der Waals surface area contributed by atoms with Gasteiger partial charge in [0.1, 0.15) is 10.6 Å². The van der Waals surface area contributed by atoms with Crippen molar-refractivity contribution in [3.05, 3.63) is 39.8 Å². The van der Waals surface area contributed by atoms with Crippen molar-refractivity contribution >= 4 is 21.4 Å². The minimum absolute atomic E-state index is 0.0503. The first-order chi connectivity index (χ1) is 13.4. The molecule has 0 spiro atoms. The minimum Gasteiger partial charge on any atom is -0.390 e. The first kappa shape index (κ1) is 23.9. The number of thiazole rings is 1. The zero-order chi connectivity index (χ0) is 22.0. The highest BCUT2D eigenvalue weighted by atomic mass is 32.2. The summed E-state index contributed by atoms with van der Waals surface area (Å²) in [5, 5.41) is 19.9. The summed E-state index contributed by atoms with van der Waals surface area (Å²) in [4.78, 5) is 8.44. The van der Waals surface area contributed by atoms with Crippen LogP contribution in [-0.4, -0.2) is 35.1 Å². The van der Waals surface area contributed by atoms with Crippen molar-refractivity contribution in [2.75, 3.05) is 6.54 Å². The third kappa shape index (κ3) is 5.61. The maximum absolute atomic E-state index is 12.8. The Kier molecular flexibility index (Phi) is 7.56. The lowest BCUT2D eigenvalue weighted by atomic mass is 9.89. The number of aliphatic hydroxyl groups excluding tert-OH is 1. The minimum atomic E-state index is -3.86. The van der Waals surface area contributed by atoms with Gasteiger partial charge in [-0.1, -0.05) is 27.7 Å². The van der Waals surface area contributed by atoms with Crippen LogP contribution in [-0.2, 0) is 28.7 Å². The first-order valence-corrected chi connectivity index (χ1v) is 12.0. The van der Waals surface area contributed by atoms with Crippen molar-refractivity contribution in [1.29, 1.82) is 0 Å². The van der Waals surface area contributed by atoms with Crippen LogP contribution in [0.3, 0.4) is 0 Å². The Morgan fingerprint density at radius 2 is 1.69 bits per heavy atom. The average molecular weight is 442 g/mol. The predicted octanol–water partition coefficient (Wildman–Crippen LogP) is 3.03. The molecule has 7 nitrogen and oxygen atoms in total. The van der Waals surface area contributed by atoms with E-state index in [-0.39, 0.29) is 33.3 Å². The number of pyridine rings is 1. The molecule has 9 heteroatoms. The van der Waals surface area contributed by atoms with Crippen molar-refractivity contribution in [2.24, 2.45) is 0 Å². The summed E-state index contributed by atoms with van der Waals surface area (Å²) in [7, 11) is -3.86. The lowest BCUT2D eigenvalue weighted by molar-refractivity contribution is 0.0779. The summed E-state index contributed by atoms with van der Waals surface area (Å²) in [6.07, 6.45) is 4.24. The molecule has 0 fully saturated rings. The molecule has 29 heavy (non-hydrogen) atoms. The van der Waals surface area contributed by atoms with E-state index in [4.69, 9.17) is 0 Å². The zero-order valence-electron chi connectivity index (χ0n) is 17.9. The molecule has 2 aromatic heterocycles. The Hall–Kier alpha value is -1.39.